The maximum Gasteiger partial charge on any atom is 0.363 e. The number of hydrogen-bond acceptors (Lipinski definition) is 7. The van der Waals surface area contributed by atoms with Crippen molar-refractivity contribution in [3.8, 4) is 17.2 Å². The molecule has 0 atom stereocenters. The number of ether oxygens (including phenoxy) is 3. The van der Waals surface area contributed by atoms with Gasteiger partial charge < -0.3 is 19.5 Å². The van der Waals surface area contributed by atoms with Gasteiger partial charge in [0.15, 0.2) is 6.61 Å². The van der Waals surface area contributed by atoms with Gasteiger partial charge >= 0.3 is 5.97 Å². The Morgan fingerprint density at radius 3 is 2.44 bits per heavy atom. The number of methoxy groups -OCH3 is 2. The van der Waals surface area contributed by atoms with Gasteiger partial charge in [0.1, 0.15) is 11.5 Å². The van der Waals surface area contributed by atoms with E-state index in [1.54, 1.807) is 49.4 Å². The summed E-state index contributed by atoms with van der Waals surface area (Å²) in [5, 5.41) is 7.21. The molecule has 0 aliphatic rings. The molecule has 1 amide bonds. The fourth-order valence-corrected chi connectivity index (χ4v) is 2.96. The van der Waals surface area contributed by atoms with Crippen LogP contribution in [0, 0.1) is 6.92 Å². The quantitative estimate of drug-likeness (QED) is 0.543. The van der Waals surface area contributed by atoms with Gasteiger partial charge in [-0.1, -0.05) is 11.6 Å². The third-order valence-electron chi connectivity index (χ3n) is 4.39. The number of halogens is 1. The minimum atomic E-state index is -1.02. The van der Waals surface area contributed by atoms with Crippen LogP contribution in [0.5, 0.6) is 11.5 Å². The number of nitrogens with zero attached hydrogens (tertiary/aromatic N) is 2. The molecule has 166 valence electrons. The third-order valence-corrected chi connectivity index (χ3v) is 4.64. The molecule has 3 aromatic rings. The molecule has 0 aliphatic heterocycles. The average Bonchev–Trinajstić information content (AvgIpc) is 2.78. The van der Waals surface area contributed by atoms with Crippen molar-refractivity contribution in [1.82, 2.24) is 9.78 Å². The first-order valence-corrected chi connectivity index (χ1v) is 9.76. The minimum absolute atomic E-state index is 0.339. The fourth-order valence-electron chi connectivity index (χ4n) is 2.83. The van der Waals surface area contributed by atoms with Gasteiger partial charge in [0.05, 0.1) is 25.6 Å². The standard InChI is InChI=1S/C22H20ClN3O6/c1-13-10-18(27)21(25-26(13)15-6-4-14(23)5-7-15)22(29)32-12-20(28)24-17-11-16(30-2)8-9-19(17)31-3/h4-11H,12H2,1-3H3,(H,24,28). The number of amides is 1. The Morgan fingerprint density at radius 2 is 1.78 bits per heavy atom. The summed E-state index contributed by atoms with van der Waals surface area (Å²) in [4.78, 5) is 37.0. The average molecular weight is 458 g/mol. The van der Waals surface area contributed by atoms with E-state index in [4.69, 9.17) is 25.8 Å². The molecule has 0 fully saturated rings. The van der Waals surface area contributed by atoms with Crippen LogP contribution in [0.1, 0.15) is 16.2 Å². The van der Waals surface area contributed by atoms with Crippen LogP contribution in [-0.4, -0.2) is 42.5 Å². The maximum absolute atomic E-state index is 12.5. The van der Waals surface area contributed by atoms with Gasteiger partial charge in [-0.25, -0.2) is 9.48 Å². The third kappa shape index (κ3) is 5.25. The predicted octanol–water partition coefficient (Wildman–Crippen LogP) is 3.01. The summed E-state index contributed by atoms with van der Waals surface area (Å²) in [6.45, 7) is 1.04. The van der Waals surface area contributed by atoms with Gasteiger partial charge in [-0.2, -0.15) is 5.10 Å². The van der Waals surface area contributed by atoms with Crippen LogP contribution < -0.4 is 20.2 Å². The molecule has 0 spiro atoms. The van der Waals surface area contributed by atoms with Gasteiger partial charge in [-0.05, 0) is 43.3 Å². The van der Waals surface area contributed by atoms with E-state index >= 15 is 0 Å². The summed E-state index contributed by atoms with van der Waals surface area (Å²) < 4.78 is 16.7. The lowest BCUT2D eigenvalue weighted by molar-refractivity contribution is -0.119. The van der Waals surface area contributed by atoms with E-state index in [1.807, 2.05) is 0 Å². The lowest BCUT2D eigenvalue weighted by atomic mass is 10.2. The Balaban J connectivity index is 1.74. The van der Waals surface area contributed by atoms with Crippen molar-refractivity contribution in [2.45, 2.75) is 6.92 Å². The molecule has 0 aliphatic carbocycles. The first kappa shape index (κ1) is 22.8. The van der Waals surface area contributed by atoms with Crippen molar-refractivity contribution in [2.24, 2.45) is 0 Å². The number of carbonyl (C=O) groups is 2. The molecule has 10 heteroatoms. The van der Waals surface area contributed by atoms with E-state index in [-0.39, 0.29) is 0 Å². The van der Waals surface area contributed by atoms with Crippen molar-refractivity contribution < 1.29 is 23.8 Å². The summed E-state index contributed by atoms with van der Waals surface area (Å²) in [7, 11) is 2.94. The van der Waals surface area contributed by atoms with Crippen molar-refractivity contribution in [2.75, 3.05) is 26.1 Å². The number of aromatic nitrogens is 2. The molecule has 1 heterocycles. The molecule has 0 bridgehead atoms. The molecule has 2 aromatic carbocycles. The summed E-state index contributed by atoms with van der Waals surface area (Å²) in [5.74, 6) is -0.748. The van der Waals surface area contributed by atoms with Gasteiger partial charge in [-0.15, -0.1) is 0 Å². The normalized spacial score (nSPS) is 10.4. The fraction of sp³-hybridized carbons (Fsp3) is 0.182. The summed E-state index contributed by atoms with van der Waals surface area (Å²) in [6.07, 6.45) is 0. The van der Waals surface area contributed by atoms with E-state index in [0.29, 0.717) is 33.6 Å². The van der Waals surface area contributed by atoms with E-state index < -0.39 is 29.6 Å². The van der Waals surface area contributed by atoms with Crippen LogP contribution >= 0.6 is 11.6 Å². The maximum atomic E-state index is 12.5. The summed E-state index contributed by atoms with van der Waals surface area (Å²) in [5.41, 5.74) is 0.386. The number of anilines is 1. The monoisotopic (exact) mass is 457 g/mol. The molecular weight excluding hydrogens is 438 g/mol. The van der Waals surface area contributed by atoms with Crippen molar-refractivity contribution in [3.05, 3.63) is 75.2 Å². The highest BCUT2D eigenvalue weighted by molar-refractivity contribution is 6.30. The highest BCUT2D eigenvalue weighted by Crippen LogP contribution is 2.28. The molecule has 0 unspecified atom stereocenters. The Hall–Kier alpha value is -3.85. The number of esters is 1. The van der Waals surface area contributed by atoms with E-state index in [9.17, 15) is 14.4 Å². The summed E-state index contributed by atoms with van der Waals surface area (Å²) >= 11 is 5.90. The second kappa shape index (κ2) is 9.97. The molecule has 3 rings (SSSR count). The van der Waals surface area contributed by atoms with Gasteiger partial charge in [-0.3, -0.25) is 9.59 Å². The zero-order valence-electron chi connectivity index (χ0n) is 17.5. The SMILES string of the molecule is COc1ccc(OC)c(NC(=O)COC(=O)c2nn(-c3ccc(Cl)cc3)c(C)cc2=O)c1. The van der Waals surface area contributed by atoms with Crippen LogP contribution in [0.2, 0.25) is 5.02 Å². The van der Waals surface area contributed by atoms with Crippen LogP contribution in [0.25, 0.3) is 5.69 Å². The topological polar surface area (TPSA) is 109 Å². The predicted molar refractivity (Wildman–Crippen MR) is 118 cm³/mol. The zero-order valence-corrected chi connectivity index (χ0v) is 18.3. The smallest absolute Gasteiger partial charge is 0.363 e. The van der Waals surface area contributed by atoms with Gasteiger partial charge in [0, 0.05) is 22.8 Å². The highest BCUT2D eigenvalue weighted by atomic mass is 35.5. The number of aryl methyl sites for hydroxylation is 1. The Morgan fingerprint density at radius 1 is 1.06 bits per heavy atom. The number of hydrogen-bond donors (Lipinski definition) is 1. The summed E-state index contributed by atoms with van der Waals surface area (Å²) in [6, 6.07) is 12.8. The van der Waals surface area contributed by atoms with Crippen molar-refractivity contribution >= 4 is 29.2 Å². The van der Waals surface area contributed by atoms with Crippen molar-refractivity contribution in [1.29, 1.82) is 0 Å². The lowest BCUT2D eigenvalue weighted by Crippen LogP contribution is -2.27. The minimum Gasteiger partial charge on any atom is -0.497 e. The lowest BCUT2D eigenvalue weighted by Gasteiger charge is -2.12. The van der Waals surface area contributed by atoms with Crippen molar-refractivity contribution in [3.63, 3.8) is 0 Å². The number of carbonyl (C=O) groups excluding carboxylic acids is 2. The van der Waals surface area contributed by atoms with E-state index in [2.05, 4.69) is 10.4 Å². The molecule has 1 aromatic heterocycles. The molecule has 0 saturated heterocycles. The molecule has 1 N–H and O–H groups in total. The van der Waals surface area contributed by atoms with Gasteiger partial charge in [0.2, 0.25) is 11.1 Å². The number of rotatable bonds is 7. The second-order valence-corrected chi connectivity index (χ2v) is 7.01. The zero-order chi connectivity index (χ0) is 23.3. The van der Waals surface area contributed by atoms with Crippen LogP contribution in [0.4, 0.5) is 5.69 Å². The van der Waals surface area contributed by atoms with Crippen LogP contribution in [-0.2, 0) is 9.53 Å². The highest BCUT2D eigenvalue weighted by Gasteiger charge is 2.19. The first-order valence-electron chi connectivity index (χ1n) is 9.38. The van der Waals surface area contributed by atoms with E-state index in [0.717, 1.165) is 0 Å². The molecular formula is C22H20ClN3O6. The Kier molecular flexibility index (Phi) is 7.11. The van der Waals surface area contributed by atoms with E-state index in [1.165, 1.54) is 25.0 Å². The van der Waals surface area contributed by atoms with Crippen LogP contribution in [0.15, 0.2) is 53.3 Å². The molecule has 9 nitrogen and oxygen atoms in total. The Labute approximate surface area is 188 Å². The largest absolute Gasteiger partial charge is 0.497 e. The molecule has 32 heavy (non-hydrogen) atoms. The number of nitrogens with one attached hydrogen (secondary N) is 1. The van der Waals surface area contributed by atoms with Gasteiger partial charge in [0.25, 0.3) is 5.91 Å². The van der Waals surface area contributed by atoms with Crippen LogP contribution in [0.3, 0.4) is 0 Å². The number of benzene rings is 2. The molecule has 0 radical (unpaired) electrons. The first-order chi connectivity index (χ1) is 15.3. The second-order valence-electron chi connectivity index (χ2n) is 6.58. The Bertz CT molecular complexity index is 1210. The molecule has 0 saturated carbocycles.